The van der Waals surface area contributed by atoms with Crippen LogP contribution in [0.2, 0.25) is 0 Å². The Morgan fingerprint density at radius 2 is 1.80 bits per heavy atom. The van der Waals surface area contributed by atoms with E-state index in [0.717, 1.165) is 0 Å². The van der Waals surface area contributed by atoms with Gasteiger partial charge in [0.1, 0.15) is 5.60 Å². The van der Waals surface area contributed by atoms with Gasteiger partial charge < -0.3 is 4.74 Å². The number of ether oxygens (including phenoxy) is 1. The quantitative estimate of drug-likeness (QED) is 0.739. The summed E-state index contributed by atoms with van der Waals surface area (Å²) in [4.78, 5) is 15.5. The number of hydrogen-bond donors (Lipinski definition) is 0. The second kappa shape index (κ2) is 4.50. The highest BCUT2D eigenvalue weighted by Gasteiger charge is 2.40. The van der Waals surface area contributed by atoms with Gasteiger partial charge in [-0.2, -0.15) is 13.2 Å². The molecule has 1 aromatic heterocycles. The van der Waals surface area contributed by atoms with Crippen molar-refractivity contribution >= 4 is 17.1 Å². The zero-order valence-corrected chi connectivity index (χ0v) is 11.2. The zero-order chi connectivity index (χ0) is 15.1. The van der Waals surface area contributed by atoms with Crippen molar-refractivity contribution in [3.8, 4) is 0 Å². The molecule has 0 aliphatic carbocycles. The molecule has 0 atom stereocenters. The van der Waals surface area contributed by atoms with Gasteiger partial charge in [0.15, 0.2) is 0 Å². The van der Waals surface area contributed by atoms with Crippen molar-refractivity contribution in [2.24, 2.45) is 0 Å². The zero-order valence-electron chi connectivity index (χ0n) is 11.2. The van der Waals surface area contributed by atoms with E-state index >= 15 is 0 Å². The van der Waals surface area contributed by atoms with Crippen molar-refractivity contribution < 1.29 is 22.7 Å². The Morgan fingerprint density at radius 3 is 2.35 bits per heavy atom. The molecular formula is C13H13F3N2O2. The Morgan fingerprint density at radius 1 is 1.20 bits per heavy atom. The third kappa shape index (κ3) is 2.76. The minimum atomic E-state index is -4.74. The highest BCUT2D eigenvalue weighted by Crippen LogP contribution is 2.31. The van der Waals surface area contributed by atoms with Gasteiger partial charge in [-0.1, -0.05) is 12.1 Å². The van der Waals surface area contributed by atoms with Crippen LogP contribution in [-0.2, 0) is 10.9 Å². The molecule has 1 aromatic carbocycles. The second-order valence-corrected chi connectivity index (χ2v) is 5.24. The van der Waals surface area contributed by atoms with Crippen molar-refractivity contribution in [3.05, 3.63) is 30.1 Å². The summed E-state index contributed by atoms with van der Waals surface area (Å²) >= 11 is 0. The van der Waals surface area contributed by atoms with E-state index in [0.29, 0.717) is 4.57 Å². The largest absolute Gasteiger partial charge is 0.450 e. The Kier molecular flexibility index (Phi) is 3.23. The van der Waals surface area contributed by atoms with Crippen LogP contribution < -0.4 is 0 Å². The Balaban J connectivity index is 2.63. The van der Waals surface area contributed by atoms with Crippen LogP contribution in [0.15, 0.2) is 24.3 Å². The van der Waals surface area contributed by atoms with Gasteiger partial charge in [0.25, 0.3) is 0 Å². The van der Waals surface area contributed by atoms with Crippen molar-refractivity contribution in [1.82, 2.24) is 9.55 Å². The molecule has 0 aliphatic rings. The minimum absolute atomic E-state index is 0.0640. The topological polar surface area (TPSA) is 44.1 Å². The first kappa shape index (κ1) is 14.4. The van der Waals surface area contributed by atoms with E-state index < -0.39 is 23.7 Å². The molecule has 0 saturated heterocycles. The molecule has 1 heterocycles. The summed E-state index contributed by atoms with van der Waals surface area (Å²) in [7, 11) is 0. The van der Waals surface area contributed by atoms with Gasteiger partial charge in [0.05, 0.1) is 11.0 Å². The number of alkyl halides is 3. The molecule has 0 spiro atoms. The van der Waals surface area contributed by atoms with Crippen LogP contribution in [-0.4, -0.2) is 21.2 Å². The van der Waals surface area contributed by atoms with Crippen molar-refractivity contribution in [2.45, 2.75) is 32.5 Å². The first-order valence-corrected chi connectivity index (χ1v) is 5.87. The van der Waals surface area contributed by atoms with E-state index in [4.69, 9.17) is 4.74 Å². The lowest BCUT2D eigenvalue weighted by molar-refractivity contribution is -0.146. The minimum Gasteiger partial charge on any atom is -0.443 e. The maximum Gasteiger partial charge on any atom is 0.450 e. The fraction of sp³-hybridized carbons (Fsp3) is 0.385. The lowest BCUT2D eigenvalue weighted by atomic mass is 10.2. The predicted molar refractivity (Wildman–Crippen MR) is 66.4 cm³/mol. The van der Waals surface area contributed by atoms with Crippen LogP contribution in [0.25, 0.3) is 11.0 Å². The summed E-state index contributed by atoms with van der Waals surface area (Å²) in [6.07, 6.45) is -5.84. The molecule has 0 bridgehead atoms. The molecule has 20 heavy (non-hydrogen) atoms. The highest BCUT2D eigenvalue weighted by molar-refractivity contribution is 5.87. The number of aromatic nitrogens is 2. The molecule has 108 valence electrons. The lowest BCUT2D eigenvalue weighted by Gasteiger charge is -2.20. The van der Waals surface area contributed by atoms with E-state index in [1.165, 1.54) is 18.2 Å². The second-order valence-electron chi connectivity index (χ2n) is 5.24. The van der Waals surface area contributed by atoms with Crippen molar-refractivity contribution in [2.75, 3.05) is 0 Å². The van der Waals surface area contributed by atoms with Crippen LogP contribution in [0.5, 0.6) is 0 Å². The molecule has 7 heteroatoms. The highest BCUT2D eigenvalue weighted by atomic mass is 19.4. The maximum absolute atomic E-state index is 13.0. The fourth-order valence-electron chi connectivity index (χ4n) is 1.71. The van der Waals surface area contributed by atoms with E-state index in [2.05, 4.69) is 4.98 Å². The number of hydrogen-bond acceptors (Lipinski definition) is 3. The number of nitrogens with zero attached hydrogens (tertiary/aromatic N) is 2. The van der Waals surface area contributed by atoms with E-state index in [1.807, 2.05) is 0 Å². The van der Waals surface area contributed by atoms with E-state index in [1.54, 1.807) is 26.8 Å². The van der Waals surface area contributed by atoms with Gasteiger partial charge in [0, 0.05) is 0 Å². The van der Waals surface area contributed by atoms with Crippen LogP contribution >= 0.6 is 0 Å². The summed E-state index contributed by atoms with van der Waals surface area (Å²) in [5.74, 6) is -1.28. The summed E-state index contributed by atoms with van der Waals surface area (Å²) in [5, 5.41) is 0. The number of rotatable bonds is 0. The number of benzene rings is 1. The summed E-state index contributed by atoms with van der Waals surface area (Å²) in [6, 6.07) is 5.88. The third-order valence-corrected chi connectivity index (χ3v) is 2.39. The van der Waals surface area contributed by atoms with Crippen LogP contribution in [0, 0.1) is 0 Å². The van der Waals surface area contributed by atoms with Gasteiger partial charge in [-0.15, -0.1) is 0 Å². The summed E-state index contributed by atoms with van der Waals surface area (Å²) in [5.41, 5.74) is -0.745. The van der Waals surface area contributed by atoms with Crippen LogP contribution in [0.1, 0.15) is 26.6 Å². The van der Waals surface area contributed by atoms with Crippen molar-refractivity contribution in [3.63, 3.8) is 0 Å². The molecule has 0 fully saturated rings. The van der Waals surface area contributed by atoms with Crippen molar-refractivity contribution in [1.29, 1.82) is 0 Å². The molecule has 2 aromatic rings. The number of imidazole rings is 1. The number of fused-ring (bicyclic) bond motifs is 1. The molecule has 0 aliphatic heterocycles. The average Bonchev–Trinajstić information content (AvgIpc) is 2.65. The average molecular weight is 286 g/mol. The SMILES string of the molecule is CC(C)(C)OC(=O)n1c(C(F)(F)F)nc2ccccc21. The molecule has 0 amide bonds. The fourth-order valence-corrected chi connectivity index (χ4v) is 1.71. The standard InChI is InChI=1S/C13H13F3N2O2/c1-12(2,3)20-11(19)18-9-7-5-4-6-8(9)17-10(18)13(14,15)16/h4-7H,1-3H3. The first-order valence-electron chi connectivity index (χ1n) is 5.87. The van der Waals surface area contributed by atoms with Gasteiger partial charge in [0.2, 0.25) is 5.82 Å². The van der Waals surface area contributed by atoms with Crippen LogP contribution in [0.3, 0.4) is 0 Å². The molecule has 4 nitrogen and oxygen atoms in total. The van der Waals surface area contributed by atoms with Gasteiger partial charge in [-0.05, 0) is 32.9 Å². The number of para-hydroxylation sites is 2. The smallest absolute Gasteiger partial charge is 0.443 e. The Hall–Kier alpha value is -2.05. The molecular weight excluding hydrogens is 273 g/mol. The number of halogens is 3. The van der Waals surface area contributed by atoms with Gasteiger partial charge in [-0.3, -0.25) is 0 Å². The predicted octanol–water partition coefficient (Wildman–Crippen LogP) is 3.84. The van der Waals surface area contributed by atoms with Gasteiger partial charge in [-0.25, -0.2) is 14.3 Å². The molecule has 0 N–H and O–H groups in total. The van der Waals surface area contributed by atoms with Crippen LogP contribution in [0.4, 0.5) is 18.0 Å². The maximum atomic E-state index is 13.0. The molecule has 0 radical (unpaired) electrons. The molecule has 0 saturated carbocycles. The molecule has 0 unspecified atom stereocenters. The first-order chi connectivity index (χ1) is 9.09. The molecule has 2 rings (SSSR count). The lowest BCUT2D eigenvalue weighted by Crippen LogP contribution is -2.29. The normalized spacial score (nSPS) is 12.7. The van der Waals surface area contributed by atoms with Gasteiger partial charge >= 0.3 is 12.3 Å². The summed E-state index contributed by atoms with van der Waals surface area (Å²) in [6.45, 7) is 4.74. The Labute approximate surface area is 113 Å². The van der Waals surface area contributed by atoms with E-state index in [-0.39, 0.29) is 11.0 Å². The third-order valence-electron chi connectivity index (χ3n) is 2.39. The number of carbonyl (C=O) groups excluding carboxylic acids is 1. The monoisotopic (exact) mass is 286 g/mol. The Bertz CT molecular complexity index is 654. The number of carbonyl (C=O) groups is 1. The summed E-state index contributed by atoms with van der Waals surface area (Å²) < 4.78 is 44.4. The van der Waals surface area contributed by atoms with E-state index in [9.17, 15) is 18.0 Å².